The van der Waals surface area contributed by atoms with Crippen molar-refractivity contribution in [2.24, 2.45) is 0 Å². The fraction of sp³-hybridized carbons (Fsp3) is 0.630. The van der Waals surface area contributed by atoms with E-state index in [2.05, 4.69) is 11.9 Å². The van der Waals surface area contributed by atoms with E-state index in [1.807, 2.05) is 30.3 Å². The predicted molar refractivity (Wildman–Crippen MR) is 142 cm³/mol. The van der Waals surface area contributed by atoms with E-state index in [4.69, 9.17) is 42.6 Å². The topological polar surface area (TPSA) is 129 Å². The van der Waals surface area contributed by atoms with Gasteiger partial charge in [0, 0.05) is 12.6 Å². The van der Waals surface area contributed by atoms with Gasteiger partial charge < -0.3 is 47.9 Å². The number of hydrogen-bond acceptors (Lipinski definition) is 11. The first-order valence-corrected chi connectivity index (χ1v) is 13.0. The predicted octanol–water partition coefficient (Wildman–Crippen LogP) is 1.76. The Kier molecular flexibility index (Phi) is 23.9. The third-order valence-corrected chi connectivity index (χ3v) is 4.60. The minimum absolute atomic E-state index is 0.194. The van der Waals surface area contributed by atoms with Crippen molar-refractivity contribution in [1.82, 2.24) is 5.32 Å². The highest BCUT2D eigenvalue weighted by Crippen LogP contribution is 2.00. The molecular weight excluding hydrogens is 514 g/mol. The van der Waals surface area contributed by atoms with Crippen LogP contribution >= 0.6 is 0 Å². The van der Waals surface area contributed by atoms with Crippen LogP contribution in [0.5, 0.6) is 0 Å². The first-order chi connectivity index (χ1) is 19.2. The molecule has 0 radical (unpaired) electrons. The van der Waals surface area contributed by atoms with E-state index >= 15 is 0 Å². The monoisotopic (exact) mass is 557 g/mol. The van der Waals surface area contributed by atoms with Crippen molar-refractivity contribution in [2.45, 2.75) is 6.61 Å². The summed E-state index contributed by atoms with van der Waals surface area (Å²) in [6.45, 7) is 10.3. The van der Waals surface area contributed by atoms with Crippen LogP contribution in [0.4, 0.5) is 4.79 Å². The Morgan fingerprint density at radius 2 is 1.00 bits per heavy atom. The number of hydrogen-bond donors (Lipinski definition) is 1. The van der Waals surface area contributed by atoms with Gasteiger partial charge in [-0.2, -0.15) is 0 Å². The maximum Gasteiger partial charge on any atom is 0.407 e. The Hall–Kier alpha value is -2.58. The summed E-state index contributed by atoms with van der Waals surface area (Å²) in [6, 6.07) is 9.48. The normalized spacial score (nSPS) is 10.8. The molecule has 0 aliphatic rings. The third kappa shape index (κ3) is 24.2. The van der Waals surface area contributed by atoms with Gasteiger partial charge in [-0.1, -0.05) is 36.9 Å². The lowest BCUT2D eigenvalue weighted by molar-refractivity contribution is -0.139. The molecule has 0 spiro atoms. The van der Waals surface area contributed by atoms with Crippen molar-refractivity contribution in [3.63, 3.8) is 0 Å². The zero-order chi connectivity index (χ0) is 28.1. The molecule has 12 nitrogen and oxygen atoms in total. The van der Waals surface area contributed by atoms with Crippen molar-refractivity contribution < 1.29 is 52.2 Å². The average Bonchev–Trinajstić information content (AvgIpc) is 2.96. The highest BCUT2D eigenvalue weighted by atomic mass is 16.6. The molecule has 12 heteroatoms. The van der Waals surface area contributed by atoms with Gasteiger partial charge in [-0.05, 0) is 5.56 Å². The number of esters is 1. The summed E-state index contributed by atoms with van der Waals surface area (Å²) in [6.07, 6.45) is 0.637. The van der Waals surface area contributed by atoms with Crippen molar-refractivity contribution in [3.05, 3.63) is 48.6 Å². The standard InChI is InChI=1S/C27H43NO11/c1-2-26(29)38-23-22-37-21-20-36-19-18-35-17-16-34-15-14-33-13-12-32-11-10-31-9-8-28-27(30)39-24-25-6-4-3-5-7-25/h2-7H,1,8-24H2,(H,28,30). The van der Waals surface area contributed by atoms with Gasteiger partial charge in [-0.15, -0.1) is 0 Å². The van der Waals surface area contributed by atoms with Gasteiger partial charge in [-0.25, -0.2) is 9.59 Å². The van der Waals surface area contributed by atoms with Gasteiger partial charge in [-0.3, -0.25) is 0 Å². The molecule has 1 aromatic rings. The molecule has 222 valence electrons. The summed E-state index contributed by atoms with van der Waals surface area (Å²) in [7, 11) is 0. The van der Waals surface area contributed by atoms with Crippen LogP contribution in [0.3, 0.4) is 0 Å². The van der Waals surface area contributed by atoms with E-state index in [0.717, 1.165) is 11.6 Å². The van der Waals surface area contributed by atoms with Gasteiger partial charge in [0.1, 0.15) is 13.2 Å². The van der Waals surface area contributed by atoms with E-state index in [0.29, 0.717) is 99.0 Å². The van der Waals surface area contributed by atoms with Crippen LogP contribution in [0, 0.1) is 0 Å². The molecule has 0 bridgehead atoms. The van der Waals surface area contributed by atoms with Crippen LogP contribution in [0.1, 0.15) is 5.56 Å². The summed E-state index contributed by atoms with van der Waals surface area (Å²) in [5.74, 6) is -0.463. The second-order valence-electron chi connectivity index (χ2n) is 7.65. The molecule has 0 heterocycles. The van der Waals surface area contributed by atoms with E-state index in [1.165, 1.54) is 0 Å². The van der Waals surface area contributed by atoms with Crippen molar-refractivity contribution in [1.29, 1.82) is 0 Å². The van der Waals surface area contributed by atoms with E-state index in [-0.39, 0.29) is 13.2 Å². The van der Waals surface area contributed by atoms with Crippen LogP contribution in [0.15, 0.2) is 43.0 Å². The molecule has 0 saturated carbocycles. The highest BCUT2D eigenvalue weighted by Gasteiger charge is 2.02. The highest BCUT2D eigenvalue weighted by molar-refractivity contribution is 5.81. The largest absolute Gasteiger partial charge is 0.460 e. The molecule has 0 unspecified atom stereocenters. The Bertz CT molecular complexity index is 721. The molecular formula is C27H43NO11. The number of alkyl carbamates (subject to hydrolysis) is 1. The summed E-state index contributed by atoms with van der Waals surface area (Å²) in [4.78, 5) is 22.4. The summed E-state index contributed by atoms with van der Waals surface area (Å²) >= 11 is 0. The molecule has 39 heavy (non-hydrogen) atoms. The Labute approximate surface area is 230 Å². The number of nitrogens with one attached hydrogen (secondary N) is 1. The van der Waals surface area contributed by atoms with Crippen LogP contribution < -0.4 is 5.32 Å². The van der Waals surface area contributed by atoms with Crippen LogP contribution in [0.2, 0.25) is 0 Å². The molecule has 0 aliphatic carbocycles. The van der Waals surface area contributed by atoms with E-state index in [9.17, 15) is 9.59 Å². The van der Waals surface area contributed by atoms with Crippen molar-refractivity contribution in [2.75, 3.05) is 106 Å². The molecule has 0 aromatic heterocycles. The number of ether oxygens (including phenoxy) is 9. The smallest absolute Gasteiger partial charge is 0.407 e. The molecule has 1 amide bonds. The maximum atomic E-state index is 11.6. The number of benzene rings is 1. The molecule has 0 aliphatic heterocycles. The van der Waals surface area contributed by atoms with Gasteiger partial charge in [0.15, 0.2) is 0 Å². The molecule has 0 saturated heterocycles. The fourth-order valence-electron chi connectivity index (χ4n) is 2.68. The van der Waals surface area contributed by atoms with E-state index < -0.39 is 12.1 Å². The number of carbonyl (C=O) groups excluding carboxylic acids is 2. The Morgan fingerprint density at radius 1 is 0.590 bits per heavy atom. The molecule has 0 fully saturated rings. The zero-order valence-corrected chi connectivity index (χ0v) is 22.7. The SMILES string of the molecule is C=CC(=O)OCCOCCOCCOCCOCCOCCOCCOCCNC(=O)OCc1ccccc1. The minimum atomic E-state index is -0.473. The van der Waals surface area contributed by atoms with Crippen molar-refractivity contribution in [3.8, 4) is 0 Å². The number of amides is 1. The van der Waals surface area contributed by atoms with E-state index in [1.54, 1.807) is 0 Å². The molecule has 1 rings (SSSR count). The second kappa shape index (κ2) is 27.0. The minimum Gasteiger partial charge on any atom is -0.460 e. The van der Waals surface area contributed by atoms with Crippen molar-refractivity contribution >= 4 is 12.1 Å². The average molecular weight is 558 g/mol. The summed E-state index contributed by atoms with van der Waals surface area (Å²) in [5, 5.41) is 2.63. The summed E-state index contributed by atoms with van der Waals surface area (Å²) < 4.78 is 47.6. The number of rotatable bonds is 27. The lowest BCUT2D eigenvalue weighted by atomic mass is 10.2. The number of carbonyl (C=O) groups is 2. The third-order valence-electron chi connectivity index (χ3n) is 4.60. The van der Waals surface area contributed by atoms with Gasteiger partial charge >= 0.3 is 12.1 Å². The quantitative estimate of drug-likeness (QED) is 0.0965. The molecule has 1 aromatic carbocycles. The maximum absolute atomic E-state index is 11.6. The summed E-state index contributed by atoms with van der Waals surface area (Å²) in [5.41, 5.74) is 0.935. The first-order valence-electron chi connectivity index (χ1n) is 13.0. The second-order valence-corrected chi connectivity index (χ2v) is 7.65. The van der Waals surface area contributed by atoms with Gasteiger partial charge in [0.05, 0.1) is 92.5 Å². The lowest BCUT2D eigenvalue weighted by Gasteiger charge is -2.09. The van der Waals surface area contributed by atoms with Crippen LogP contribution in [-0.2, 0) is 54.0 Å². The fourth-order valence-corrected chi connectivity index (χ4v) is 2.68. The lowest BCUT2D eigenvalue weighted by Crippen LogP contribution is -2.28. The van der Waals surface area contributed by atoms with Gasteiger partial charge in [0.2, 0.25) is 0 Å². The molecule has 1 N–H and O–H groups in total. The first kappa shape index (κ1) is 34.4. The Morgan fingerprint density at radius 3 is 1.44 bits per heavy atom. The van der Waals surface area contributed by atoms with Crippen LogP contribution in [-0.4, -0.2) is 118 Å². The Balaban J connectivity index is 1.68. The zero-order valence-electron chi connectivity index (χ0n) is 22.7. The molecule has 0 atom stereocenters. The van der Waals surface area contributed by atoms with Crippen LogP contribution in [0.25, 0.3) is 0 Å². The van der Waals surface area contributed by atoms with Gasteiger partial charge in [0.25, 0.3) is 0 Å².